The van der Waals surface area contributed by atoms with Crippen LogP contribution in [0.3, 0.4) is 0 Å². The molecule has 0 spiro atoms. The van der Waals surface area contributed by atoms with Gasteiger partial charge in [0, 0.05) is 45.0 Å². The number of hydrogen-bond acceptors (Lipinski definition) is 8. The minimum atomic E-state index is 0.491. The number of nitriles is 1. The Morgan fingerprint density at radius 3 is 2.55 bits per heavy atom. The molecule has 170 valence electrons. The summed E-state index contributed by atoms with van der Waals surface area (Å²) in [7, 11) is 6.16. The molecule has 8 nitrogen and oxygen atoms in total. The fraction of sp³-hybridized carbons (Fsp3) is 0.360. The van der Waals surface area contributed by atoms with Crippen molar-refractivity contribution in [3.05, 3.63) is 54.4 Å². The van der Waals surface area contributed by atoms with Gasteiger partial charge in [0.25, 0.3) is 0 Å². The second-order valence-corrected chi connectivity index (χ2v) is 8.56. The molecule has 4 rings (SSSR count). The molecule has 1 aliphatic rings. The van der Waals surface area contributed by atoms with E-state index in [1.54, 1.807) is 12.4 Å². The van der Waals surface area contributed by atoms with Gasteiger partial charge in [-0.15, -0.1) is 0 Å². The lowest BCUT2D eigenvalue weighted by atomic mass is 10.1. The summed E-state index contributed by atoms with van der Waals surface area (Å²) in [6, 6.07) is 14.1. The average Bonchev–Trinajstić information content (AvgIpc) is 3.37. The highest BCUT2D eigenvalue weighted by Crippen LogP contribution is 2.29. The molecule has 3 heterocycles. The first-order chi connectivity index (χ1) is 16.0. The van der Waals surface area contributed by atoms with Crippen molar-refractivity contribution < 1.29 is 0 Å². The average molecular weight is 443 g/mol. The number of nitrogens with zero attached hydrogens (tertiary/aromatic N) is 7. The molecule has 0 amide bonds. The van der Waals surface area contributed by atoms with Gasteiger partial charge in [-0.2, -0.15) is 5.26 Å². The number of nitrogens with one attached hydrogen (secondary N) is 1. The molecule has 1 aliphatic heterocycles. The van der Waals surface area contributed by atoms with E-state index in [2.05, 4.69) is 55.1 Å². The van der Waals surface area contributed by atoms with Crippen LogP contribution in [-0.4, -0.2) is 67.2 Å². The smallest absolute Gasteiger partial charge is 0.227 e. The van der Waals surface area contributed by atoms with E-state index in [1.165, 1.54) is 12.8 Å². The Morgan fingerprint density at radius 2 is 1.85 bits per heavy atom. The van der Waals surface area contributed by atoms with Crippen molar-refractivity contribution in [3.63, 3.8) is 0 Å². The predicted octanol–water partition coefficient (Wildman–Crippen LogP) is 3.75. The van der Waals surface area contributed by atoms with Crippen molar-refractivity contribution in [1.29, 1.82) is 5.26 Å². The quantitative estimate of drug-likeness (QED) is 0.565. The molecular formula is C25H30N8. The highest BCUT2D eigenvalue weighted by atomic mass is 15.2. The number of anilines is 4. The lowest BCUT2D eigenvalue weighted by Gasteiger charge is -2.20. The van der Waals surface area contributed by atoms with Gasteiger partial charge in [-0.3, -0.25) is 0 Å². The number of hydrogen-bond donors (Lipinski definition) is 1. The summed E-state index contributed by atoms with van der Waals surface area (Å²) < 4.78 is 0. The van der Waals surface area contributed by atoms with E-state index in [-0.39, 0.29) is 0 Å². The summed E-state index contributed by atoms with van der Waals surface area (Å²) in [5, 5.41) is 12.9. The van der Waals surface area contributed by atoms with Gasteiger partial charge in [-0.05, 0) is 57.3 Å². The van der Waals surface area contributed by atoms with Gasteiger partial charge >= 0.3 is 0 Å². The third-order valence-corrected chi connectivity index (χ3v) is 5.79. The number of aromatic nitrogens is 3. The molecule has 0 bridgehead atoms. The van der Waals surface area contributed by atoms with E-state index in [1.807, 2.05) is 43.4 Å². The number of pyridine rings is 1. The standard InChI is InChI=1S/C25H30N8/c1-31(2)14-15-32(3)24-9-7-21(18-28-24)29-25-27-11-10-22(30-25)19-6-8-23(20(16-19)17-26)33-12-4-5-13-33/h6-11,16,18H,4-5,12-15H2,1-3H3,(H,27,29,30). The monoisotopic (exact) mass is 442 g/mol. The first kappa shape index (κ1) is 22.5. The minimum absolute atomic E-state index is 0.491. The summed E-state index contributed by atoms with van der Waals surface area (Å²) in [6.07, 6.45) is 5.86. The third-order valence-electron chi connectivity index (χ3n) is 5.79. The van der Waals surface area contributed by atoms with Crippen molar-refractivity contribution in [3.8, 4) is 17.3 Å². The Labute approximate surface area is 195 Å². The molecule has 0 radical (unpaired) electrons. The number of likely N-dealkylation sites (N-methyl/N-ethyl adjacent to an activating group) is 2. The number of benzene rings is 1. The third kappa shape index (κ3) is 5.57. The van der Waals surface area contributed by atoms with E-state index in [9.17, 15) is 5.26 Å². The SMILES string of the molecule is CN(C)CCN(C)c1ccc(Nc2nccc(-c3ccc(N4CCCC4)c(C#N)c3)n2)cn1. The molecule has 2 aromatic heterocycles. The van der Waals surface area contributed by atoms with Gasteiger partial charge < -0.3 is 20.0 Å². The molecule has 33 heavy (non-hydrogen) atoms. The fourth-order valence-electron chi connectivity index (χ4n) is 3.88. The zero-order valence-corrected chi connectivity index (χ0v) is 19.5. The molecular weight excluding hydrogens is 412 g/mol. The predicted molar refractivity (Wildman–Crippen MR) is 133 cm³/mol. The van der Waals surface area contributed by atoms with Crippen LogP contribution in [0.25, 0.3) is 11.3 Å². The summed E-state index contributed by atoms with van der Waals surface area (Å²) in [5.74, 6) is 1.41. The topological polar surface area (TPSA) is 84.2 Å². The maximum Gasteiger partial charge on any atom is 0.227 e. The molecule has 1 saturated heterocycles. The summed E-state index contributed by atoms with van der Waals surface area (Å²) in [6.45, 7) is 3.88. The van der Waals surface area contributed by atoms with Crippen LogP contribution in [-0.2, 0) is 0 Å². The van der Waals surface area contributed by atoms with Gasteiger partial charge in [-0.1, -0.05) is 6.07 Å². The maximum atomic E-state index is 9.69. The van der Waals surface area contributed by atoms with Crippen molar-refractivity contribution in [2.75, 3.05) is 62.4 Å². The molecule has 1 fully saturated rings. The minimum Gasteiger partial charge on any atom is -0.370 e. The summed E-state index contributed by atoms with van der Waals surface area (Å²) in [5.41, 5.74) is 4.17. The molecule has 1 N–H and O–H groups in total. The van der Waals surface area contributed by atoms with Gasteiger partial charge in [0.1, 0.15) is 11.9 Å². The Bertz CT molecular complexity index is 1110. The van der Waals surface area contributed by atoms with Crippen LogP contribution >= 0.6 is 0 Å². The van der Waals surface area contributed by atoms with E-state index < -0.39 is 0 Å². The van der Waals surface area contributed by atoms with E-state index >= 15 is 0 Å². The zero-order chi connectivity index (χ0) is 23.2. The van der Waals surface area contributed by atoms with Gasteiger partial charge in [-0.25, -0.2) is 15.0 Å². The lowest BCUT2D eigenvalue weighted by molar-refractivity contribution is 0.416. The first-order valence-electron chi connectivity index (χ1n) is 11.2. The van der Waals surface area contributed by atoms with Crippen molar-refractivity contribution >= 4 is 23.1 Å². The zero-order valence-electron chi connectivity index (χ0n) is 19.5. The van der Waals surface area contributed by atoms with Crippen LogP contribution in [0.5, 0.6) is 0 Å². The first-order valence-corrected chi connectivity index (χ1v) is 11.2. The van der Waals surface area contributed by atoms with Crippen LogP contribution in [0, 0.1) is 11.3 Å². The van der Waals surface area contributed by atoms with E-state index in [4.69, 9.17) is 0 Å². The fourth-order valence-corrected chi connectivity index (χ4v) is 3.88. The van der Waals surface area contributed by atoms with Crippen LogP contribution in [0.4, 0.5) is 23.1 Å². The normalized spacial score (nSPS) is 13.2. The summed E-state index contributed by atoms with van der Waals surface area (Å²) >= 11 is 0. The highest BCUT2D eigenvalue weighted by molar-refractivity contribution is 5.70. The Morgan fingerprint density at radius 1 is 1.03 bits per heavy atom. The molecule has 0 aliphatic carbocycles. The van der Waals surface area contributed by atoms with Crippen molar-refractivity contribution in [2.24, 2.45) is 0 Å². The largest absolute Gasteiger partial charge is 0.370 e. The van der Waals surface area contributed by atoms with Gasteiger partial charge in [0.2, 0.25) is 5.95 Å². The molecule has 0 saturated carbocycles. The molecule has 0 unspecified atom stereocenters. The number of rotatable bonds is 8. The molecule has 8 heteroatoms. The lowest BCUT2D eigenvalue weighted by Crippen LogP contribution is -2.28. The van der Waals surface area contributed by atoms with Crippen molar-refractivity contribution in [2.45, 2.75) is 12.8 Å². The summed E-state index contributed by atoms with van der Waals surface area (Å²) in [4.78, 5) is 20.1. The highest BCUT2D eigenvalue weighted by Gasteiger charge is 2.16. The van der Waals surface area contributed by atoms with Crippen LogP contribution in [0.15, 0.2) is 48.8 Å². The molecule has 3 aromatic rings. The van der Waals surface area contributed by atoms with E-state index in [0.29, 0.717) is 11.5 Å². The van der Waals surface area contributed by atoms with Gasteiger partial charge in [0.05, 0.1) is 28.8 Å². The maximum absolute atomic E-state index is 9.69. The van der Waals surface area contributed by atoms with Crippen molar-refractivity contribution in [1.82, 2.24) is 19.9 Å². The second kappa shape index (κ2) is 10.3. The Balaban J connectivity index is 1.48. The second-order valence-electron chi connectivity index (χ2n) is 8.56. The molecule has 0 atom stereocenters. The van der Waals surface area contributed by atoms with Crippen LogP contribution < -0.4 is 15.1 Å². The Kier molecular flexibility index (Phi) is 7.01. The van der Waals surface area contributed by atoms with Gasteiger partial charge in [0.15, 0.2) is 0 Å². The Hall–Kier alpha value is -3.70. The molecule has 1 aromatic carbocycles. The van der Waals surface area contributed by atoms with Crippen LogP contribution in [0.2, 0.25) is 0 Å². The van der Waals surface area contributed by atoms with E-state index in [0.717, 1.165) is 54.6 Å². The van der Waals surface area contributed by atoms with Crippen LogP contribution in [0.1, 0.15) is 18.4 Å².